The Hall–Kier alpha value is -0.530. The summed E-state index contributed by atoms with van der Waals surface area (Å²) >= 11 is 0. The van der Waals surface area contributed by atoms with Crippen LogP contribution >= 0.6 is 0 Å². The summed E-state index contributed by atoms with van der Waals surface area (Å²) < 4.78 is 0. The van der Waals surface area contributed by atoms with Crippen LogP contribution in [-0.2, 0) is 4.79 Å². The minimum atomic E-state index is 0.304. The molecule has 2 aliphatic rings. The average molecular weight is 167 g/mol. The summed E-state index contributed by atoms with van der Waals surface area (Å²) in [6.45, 7) is 4.05. The molecule has 1 amide bonds. The summed E-state index contributed by atoms with van der Waals surface area (Å²) in [6.07, 6.45) is 3.93. The minimum absolute atomic E-state index is 0.304. The summed E-state index contributed by atoms with van der Waals surface area (Å²) in [4.78, 5) is 11.5. The first kappa shape index (κ1) is 8.09. The first-order chi connectivity index (χ1) is 5.70. The molecule has 2 rings (SSSR count). The van der Waals surface area contributed by atoms with Crippen LogP contribution < -0.4 is 5.32 Å². The summed E-state index contributed by atoms with van der Waals surface area (Å²) in [7, 11) is 0. The van der Waals surface area contributed by atoms with Crippen molar-refractivity contribution in [3.05, 3.63) is 0 Å². The number of carbonyl (C=O) groups is 1. The molecule has 0 radical (unpaired) electrons. The molecule has 2 unspecified atom stereocenters. The molecule has 0 aromatic carbocycles. The molecular formula is C10H17NO. The van der Waals surface area contributed by atoms with Gasteiger partial charge in [-0.1, -0.05) is 6.42 Å². The van der Waals surface area contributed by atoms with Gasteiger partial charge in [0.1, 0.15) is 0 Å². The molecule has 0 aromatic rings. The first-order valence-electron chi connectivity index (χ1n) is 5.00. The lowest BCUT2D eigenvalue weighted by molar-refractivity contribution is -0.123. The van der Waals surface area contributed by atoms with E-state index in [0.717, 1.165) is 11.8 Å². The maximum absolute atomic E-state index is 11.5. The summed E-state index contributed by atoms with van der Waals surface area (Å²) in [5.41, 5.74) is 0. The Morgan fingerprint density at radius 2 is 1.92 bits per heavy atom. The maximum Gasteiger partial charge on any atom is 0.223 e. The second-order valence-corrected chi connectivity index (χ2v) is 4.45. The van der Waals surface area contributed by atoms with E-state index in [1.165, 1.54) is 19.3 Å². The monoisotopic (exact) mass is 167 g/mol. The SMILES string of the molecule is CC(C)NC(=O)C1C2CCCC21. The zero-order valence-corrected chi connectivity index (χ0v) is 7.84. The number of fused-ring (bicyclic) bond motifs is 1. The topological polar surface area (TPSA) is 29.1 Å². The highest BCUT2D eigenvalue weighted by atomic mass is 16.2. The normalized spacial score (nSPS) is 38.1. The smallest absolute Gasteiger partial charge is 0.223 e. The molecule has 0 aliphatic heterocycles. The van der Waals surface area contributed by atoms with Crippen molar-refractivity contribution in [1.29, 1.82) is 0 Å². The quantitative estimate of drug-likeness (QED) is 0.664. The number of carbonyl (C=O) groups excluding carboxylic acids is 1. The highest BCUT2D eigenvalue weighted by Crippen LogP contribution is 2.57. The van der Waals surface area contributed by atoms with Crippen molar-refractivity contribution in [2.24, 2.45) is 17.8 Å². The van der Waals surface area contributed by atoms with Crippen molar-refractivity contribution in [2.75, 3.05) is 0 Å². The molecule has 2 aliphatic carbocycles. The fourth-order valence-corrected chi connectivity index (χ4v) is 2.59. The third-order valence-electron chi connectivity index (χ3n) is 3.14. The Kier molecular flexibility index (Phi) is 1.85. The lowest BCUT2D eigenvalue weighted by atomic mass is 10.1. The number of rotatable bonds is 2. The van der Waals surface area contributed by atoms with E-state index in [1.807, 2.05) is 13.8 Å². The van der Waals surface area contributed by atoms with Crippen molar-refractivity contribution < 1.29 is 4.79 Å². The lowest BCUT2D eigenvalue weighted by Gasteiger charge is -2.08. The molecule has 2 heteroatoms. The Labute approximate surface area is 73.7 Å². The largest absolute Gasteiger partial charge is 0.354 e. The van der Waals surface area contributed by atoms with E-state index in [-0.39, 0.29) is 0 Å². The summed E-state index contributed by atoms with van der Waals surface area (Å²) in [5, 5.41) is 2.99. The van der Waals surface area contributed by atoms with E-state index in [2.05, 4.69) is 5.32 Å². The maximum atomic E-state index is 11.5. The van der Waals surface area contributed by atoms with Crippen molar-refractivity contribution in [3.63, 3.8) is 0 Å². The van der Waals surface area contributed by atoms with Gasteiger partial charge in [-0.3, -0.25) is 4.79 Å². The molecule has 0 heterocycles. The van der Waals surface area contributed by atoms with E-state index >= 15 is 0 Å². The number of amides is 1. The highest BCUT2D eigenvalue weighted by molar-refractivity contribution is 5.82. The highest BCUT2D eigenvalue weighted by Gasteiger charge is 2.56. The van der Waals surface area contributed by atoms with Crippen LogP contribution in [0.15, 0.2) is 0 Å². The van der Waals surface area contributed by atoms with Crippen LogP contribution in [0.25, 0.3) is 0 Å². The van der Waals surface area contributed by atoms with Crippen LogP contribution in [0.5, 0.6) is 0 Å². The van der Waals surface area contributed by atoms with E-state index < -0.39 is 0 Å². The fraction of sp³-hybridized carbons (Fsp3) is 0.900. The summed E-state index contributed by atoms with van der Waals surface area (Å²) in [6, 6.07) is 0.304. The van der Waals surface area contributed by atoms with Gasteiger partial charge in [0, 0.05) is 12.0 Å². The third-order valence-corrected chi connectivity index (χ3v) is 3.14. The van der Waals surface area contributed by atoms with Crippen LogP contribution in [-0.4, -0.2) is 11.9 Å². The molecular weight excluding hydrogens is 150 g/mol. The van der Waals surface area contributed by atoms with Crippen molar-refractivity contribution in [3.8, 4) is 0 Å². The summed E-state index contributed by atoms with van der Waals surface area (Å²) in [5.74, 6) is 2.20. The molecule has 2 nitrogen and oxygen atoms in total. The Bertz CT molecular complexity index is 190. The van der Waals surface area contributed by atoms with Crippen LogP contribution in [0.1, 0.15) is 33.1 Å². The van der Waals surface area contributed by atoms with E-state index in [1.54, 1.807) is 0 Å². The molecule has 2 atom stereocenters. The number of hydrogen-bond acceptors (Lipinski definition) is 1. The molecule has 2 saturated carbocycles. The molecule has 0 saturated heterocycles. The van der Waals surface area contributed by atoms with Gasteiger partial charge < -0.3 is 5.32 Å². The van der Waals surface area contributed by atoms with Gasteiger partial charge in [-0.2, -0.15) is 0 Å². The molecule has 68 valence electrons. The number of hydrogen-bond donors (Lipinski definition) is 1. The van der Waals surface area contributed by atoms with Gasteiger partial charge in [0.05, 0.1) is 0 Å². The van der Waals surface area contributed by atoms with E-state index in [4.69, 9.17) is 0 Å². The molecule has 1 N–H and O–H groups in total. The molecule has 12 heavy (non-hydrogen) atoms. The fourth-order valence-electron chi connectivity index (χ4n) is 2.59. The third kappa shape index (κ3) is 1.23. The minimum Gasteiger partial charge on any atom is -0.354 e. The van der Waals surface area contributed by atoms with E-state index in [0.29, 0.717) is 17.9 Å². The van der Waals surface area contributed by atoms with E-state index in [9.17, 15) is 4.79 Å². The first-order valence-corrected chi connectivity index (χ1v) is 5.00. The van der Waals surface area contributed by atoms with Gasteiger partial charge in [0.25, 0.3) is 0 Å². The molecule has 0 bridgehead atoms. The Morgan fingerprint density at radius 1 is 1.33 bits per heavy atom. The second-order valence-electron chi connectivity index (χ2n) is 4.45. The van der Waals surface area contributed by atoms with Crippen LogP contribution in [0.4, 0.5) is 0 Å². The van der Waals surface area contributed by atoms with Gasteiger partial charge in [-0.15, -0.1) is 0 Å². The van der Waals surface area contributed by atoms with Crippen molar-refractivity contribution >= 4 is 5.91 Å². The van der Waals surface area contributed by atoms with Crippen LogP contribution in [0, 0.1) is 17.8 Å². The standard InChI is InChI=1S/C10H17NO/c1-6(2)11-10(12)9-7-4-3-5-8(7)9/h6-9H,3-5H2,1-2H3,(H,11,12). The van der Waals surface area contributed by atoms with Crippen molar-refractivity contribution in [2.45, 2.75) is 39.2 Å². The van der Waals surface area contributed by atoms with Gasteiger partial charge in [0.2, 0.25) is 5.91 Å². The zero-order valence-electron chi connectivity index (χ0n) is 7.84. The Balaban J connectivity index is 1.84. The van der Waals surface area contributed by atoms with Gasteiger partial charge in [-0.05, 0) is 38.5 Å². The predicted octanol–water partition coefficient (Wildman–Crippen LogP) is 1.56. The second kappa shape index (κ2) is 2.75. The Morgan fingerprint density at radius 3 is 2.42 bits per heavy atom. The zero-order chi connectivity index (χ0) is 8.72. The van der Waals surface area contributed by atoms with Gasteiger partial charge >= 0.3 is 0 Å². The molecule has 0 aromatic heterocycles. The van der Waals surface area contributed by atoms with Crippen LogP contribution in [0.3, 0.4) is 0 Å². The average Bonchev–Trinajstić information content (AvgIpc) is 2.45. The molecule has 2 fully saturated rings. The van der Waals surface area contributed by atoms with Gasteiger partial charge in [-0.25, -0.2) is 0 Å². The predicted molar refractivity (Wildman–Crippen MR) is 47.6 cm³/mol. The lowest BCUT2D eigenvalue weighted by Crippen LogP contribution is -2.32. The van der Waals surface area contributed by atoms with Gasteiger partial charge in [0.15, 0.2) is 0 Å². The van der Waals surface area contributed by atoms with Crippen molar-refractivity contribution in [1.82, 2.24) is 5.32 Å². The molecule has 0 spiro atoms. The van der Waals surface area contributed by atoms with Crippen LogP contribution in [0.2, 0.25) is 0 Å². The number of nitrogens with one attached hydrogen (secondary N) is 1.